The first-order chi connectivity index (χ1) is 18.3. The largest absolute Gasteiger partial charge is 0.383 e. The van der Waals surface area contributed by atoms with Gasteiger partial charge in [-0.15, -0.1) is 0 Å². The third-order valence-corrected chi connectivity index (χ3v) is 7.35. The second kappa shape index (κ2) is 12.8. The summed E-state index contributed by atoms with van der Waals surface area (Å²) in [5.74, 6) is 0. The van der Waals surface area contributed by atoms with Gasteiger partial charge in [-0.2, -0.15) is 0 Å². The van der Waals surface area contributed by atoms with Crippen LogP contribution >= 0.6 is 0 Å². The van der Waals surface area contributed by atoms with Gasteiger partial charge < -0.3 is 10.6 Å². The van der Waals surface area contributed by atoms with Crippen LogP contribution in [0.15, 0.2) is 84.9 Å². The number of nitrogens with one attached hydrogen (secondary N) is 2. The molecule has 0 heterocycles. The number of anilines is 2. The lowest BCUT2D eigenvalue weighted by molar-refractivity contribution is 0.243. The summed E-state index contributed by atoms with van der Waals surface area (Å²) >= 11 is 0. The van der Waals surface area contributed by atoms with Crippen molar-refractivity contribution in [2.45, 2.75) is 47.6 Å². The maximum Gasteiger partial charge on any atom is 0.0603 e. The Balaban J connectivity index is 1.58. The van der Waals surface area contributed by atoms with Gasteiger partial charge in [0.1, 0.15) is 0 Å². The third-order valence-electron chi connectivity index (χ3n) is 7.35. The zero-order chi connectivity index (χ0) is 27.1. The van der Waals surface area contributed by atoms with Crippen molar-refractivity contribution in [2.75, 3.05) is 36.8 Å². The lowest BCUT2D eigenvalue weighted by Gasteiger charge is -2.33. The van der Waals surface area contributed by atoms with E-state index in [-0.39, 0.29) is 6.04 Å². The van der Waals surface area contributed by atoms with Crippen molar-refractivity contribution in [1.82, 2.24) is 4.90 Å². The van der Waals surface area contributed by atoms with Crippen molar-refractivity contribution in [3.05, 3.63) is 129 Å². The summed E-state index contributed by atoms with van der Waals surface area (Å²) in [7, 11) is 0. The van der Waals surface area contributed by atoms with Crippen molar-refractivity contribution in [3.63, 3.8) is 0 Å². The molecular formula is C35H43N3. The highest BCUT2D eigenvalue weighted by atomic mass is 15.2. The minimum Gasteiger partial charge on any atom is -0.383 e. The molecule has 38 heavy (non-hydrogen) atoms. The Morgan fingerprint density at radius 2 is 0.868 bits per heavy atom. The number of nitrogens with zero attached hydrogens (tertiary/aromatic N) is 1. The van der Waals surface area contributed by atoms with Gasteiger partial charge in [-0.05, 0) is 74.9 Å². The van der Waals surface area contributed by atoms with Gasteiger partial charge in [-0.25, -0.2) is 0 Å². The smallest absolute Gasteiger partial charge is 0.0603 e. The molecule has 0 unspecified atom stereocenters. The highest BCUT2D eigenvalue weighted by Crippen LogP contribution is 2.29. The van der Waals surface area contributed by atoms with Crippen molar-refractivity contribution in [3.8, 4) is 0 Å². The van der Waals surface area contributed by atoms with Gasteiger partial charge in [-0.3, -0.25) is 4.90 Å². The van der Waals surface area contributed by atoms with E-state index in [1.54, 1.807) is 0 Å². The molecule has 3 nitrogen and oxygen atoms in total. The molecule has 0 bridgehead atoms. The molecule has 4 aromatic rings. The van der Waals surface area contributed by atoms with Crippen LogP contribution < -0.4 is 10.6 Å². The molecule has 0 saturated heterocycles. The van der Waals surface area contributed by atoms with E-state index >= 15 is 0 Å². The number of aryl methyl sites for hydroxylation is 6. The van der Waals surface area contributed by atoms with E-state index in [2.05, 4.69) is 142 Å². The number of hydrogen-bond donors (Lipinski definition) is 2. The normalized spacial score (nSPS) is 11.3. The summed E-state index contributed by atoms with van der Waals surface area (Å²) in [6.45, 7) is 16.7. The molecule has 0 atom stereocenters. The van der Waals surface area contributed by atoms with E-state index in [1.165, 1.54) is 55.9 Å². The molecule has 0 aliphatic heterocycles. The van der Waals surface area contributed by atoms with E-state index < -0.39 is 0 Å². The van der Waals surface area contributed by atoms with E-state index in [0.29, 0.717) is 0 Å². The maximum atomic E-state index is 3.77. The number of hydrogen-bond acceptors (Lipinski definition) is 3. The Labute approximate surface area is 229 Å². The molecule has 0 aliphatic rings. The zero-order valence-corrected chi connectivity index (χ0v) is 23.9. The molecule has 4 aromatic carbocycles. The lowest BCUT2D eigenvalue weighted by Crippen LogP contribution is -2.37. The standard InChI is InChI=1S/C35H43N3/c1-25-21-27(3)33(28(4)22-25)36-17-19-38(20-18-37-34-29(5)23-26(2)24-30(34)6)35(31-13-9-7-10-14-31)32-15-11-8-12-16-32/h7-16,21-24,35-37H,17-20H2,1-6H3. The first-order valence-corrected chi connectivity index (χ1v) is 13.8. The van der Waals surface area contributed by atoms with Gasteiger partial charge in [0.25, 0.3) is 0 Å². The quantitative estimate of drug-likeness (QED) is 0.215. The molecular weight excluding hydrogens is 462 g/mol. The van der Waals surface area contributed by atoms with Crippen molar-refractivity contribution >= 4 is 11.4 Å². The summed E-state index contributed by atoms with van der Waals surface area (Å²) < 4.78 is 0. The highest BCUT2D eigenvalue weighted by Gasteiger charge is 2.22. The second-order valence-corrected chi connectivity index (χ2v) is 10.7. The Hall–Kier alpha value is -3.56. The Kier molecular flexibility index (Phi) is 9.25. The Bertz CT molecular complexity index is 1180. The van der Waals surface area contributed by atoms with E-state index in [0.717, 1.165) is 26.2 Å². The fourth-order valence-electron chi connectivity index (χ4n) is 5.82. The lowest BCUT2D eigenvalue weighted by atomic mass is 9.97. The fourth-order valence-corrected chi connectivity index (χ4v) is 5.82. The van der Waals surface area contributed by atoms with Gasteiger partial charge in [0.15, 0.2) is 0 Å². The Morgan fingerprint density at radius 3 is 1.21 bits per heavy atom. The summed E-state index contributed by atoms with van der Waals surface area (Å²) in [5.41, 5.74) is 13.0. The Morgan fingerprint density at radius 1 is 0.526 bits per heavy atom. The molecule has 0 amide bonds. The average Bonchev–Trinajstić information content (AvgIpc) is 2.88. The molecule has 0 aromatic heterocycles. The first-order valence-electron chi connectivity index (χ1n) is 13.8. The fraction of sp³-hybridized carbons (Fsp3) is 0.314. The molecule has 3 heteroatoms. The second-order valence-electron chi connectivity index (χ2n) is 10.7. The molecule has 0 spiro atoms. The number of benzene rings is 4. The minimum absolute atomic E-state index is 0.182. The molecule has 0 radical (unpaired) electrons. The summed E-state index contributed by atoms with van der Waals surface area (Å²) in [6.07, 6.45) is 0. The van der Waals surface area contributed by atoms with E-state index in [9.17, 15) is 0 Å². The average molecular weight is 506 g/mol. The molecule has 0 aliphatic carbocycles. The van der Waals surface area contributed by atoms with Gasteiger partial charge in [-0.1, -0.05) is 96.1 Å². The van der Waals surface area contributed by atoms with Crippen LogP contribution in [0, 0.1) is 41.5 Å². The molecule has 0 fully saturated rings. The topological polar surface area (TPSA) is 27.3 Å². The van der Waals surface area contributed by atoms with E-state index in [1.807, 2.05) is 0 Å². The third kappa shape index (κ3) is 6.85. The maximum absolute atomic E-state index is 3.77. The monoisotopic (exact) mass is 505 g/mol. The van der Waals surface area contributed by atoms with Crippen LogP contribution in [0.5, 0.6) is 0 Å². The summed E-state index contributed by atoms with van der Waals surface area (Å²) in [6, 6.07) is 31.1. The SMILES string of the molecule is Cc1cc(C)c(NCCN(CCNc2c(C)cc(C)cc2C)C(c2ccccc2)c2ccccc2)c(C)c1. The van der Waals surface area contributed by atoms with Crippen molar-refractivity contribution < 1.29 is 0 Å². The molecule has 2 N–H and O–H groups in total. The molecule has 0 saturated carbocycles. The van der Waals surface area contributed by atoms with E-state index in [4.69, 9.17) is 0 Å². The first kappa shape index (κ1) is 27.5. The van der Waals surface area contributed by atoms with Gasteiger partial charge in [0.05, 0.1) is 6.04 Å². The van der Waals surface area contributed by atoms with Crippen LogP contribution in [0.2, 0.25) is 0 Å². The van der Waals surface area contributed by atoms with Crippen LogP contribution in [0.4, 0.5) is 11.4 Å². The number of rotatable bonds is 11. The van der Waals surface area contributed by atoms with Crippen molar-refractivity contribution in [2.24, 2.45) is 0 Å². The zero-order valence-electron chi connectivity index (χ0n) is 23.9. The molecule has 198 valence electrons. The van der Waals surface area contributed by atoms with Crippen LogP contribution in [0.1, 0.15) is 50.5 Å². The van der Waals surface area contributed by atoms with Crippen LogP contribution in [-0.4, -0.2) is 31.1 Å². The predicted octanol–water partition coefficient (Wildman–Crippen LogP) is 8.15. The van der Waals surface area contributed by atoms with Crippen molar-refractivity contribution in [1.29, 1.82) is 0 Å². The van der Waals surface area contributed by atoms with Crippen LogP contribution in [0.3, 0.4) is 0 Å². The highest BCUT2D eigenvalue weighted by molar-refractivity contribution is 5.59. The minimum atomic E-state index is 0.182. The summed E-state index contributed by atoms with van der Waals surface area (Å²) in [4.78, 5) is 2.61. The summed E-state index contributed by atoms with van der Waals surface area (Å²) in [5, 5.41) is 7.53. The van der Waals surface area contributed by atoms with Gasteiger partial charge in [0.2, 0.25) is 0 Å². The van der Waals surface area contributed by atoms with Gasteiger partial charge in [0, 0.05) is 37.6 Å². The van der Waals surface area contributed by atoms with Crippen LogP contribution in [0.25, 0.3) is 0 Å². The van der Waals surface area contributed by atoms with Gasteiger partial charge >= 0.3 is 0 Å². The molecule has 4 rings (SSSR count). The van der Waals surface area contributed by atoms with Crippen LogP contribution in [-0.2, 0) is 0 Å². The predicted molar refractivity (Wildman–Crippen MR) is 165 cm³/mol.